The Balaban J connectivity index is 1.68. The molecule has 0 saturated heterocycles. The highest BCUT2D eigenvalue weighted by Crippen LogP contribution is 2.01. The van der Waals surface area contributed by atoms with Crippen molar-refractivity contribution < 1.29 is 4.79 Å². The van der Waals surface area contributed by atoms with E-state index in [-0.39, 0.29) is 12.5 Å². The second-order valence-electron chi connectivity index (χ2n) is 4.23. The molecule has 0 unspecified atom stereocenters. The van der Waals surface area contributed by atoms with Crippen LogP contribution in [-0.2, 0) is 17.8 Å². The molecule has 0 radical (unpaired) electrons. The number of nitrogens with one attached hydrogen (secondary N) is 2. The Morgan fingerprint density at radius 1 is 1.45 bits per heavy atom. The first-order valence-corrected chi connectivity index (χ1v) is 6.57. The van der Waals surface area contributed by atoms with E-state index in [0.29, 0.717) is 13.0 Å². The molecule has 106 valence electrons. The topological polar surface area (TPSA) is 84.7 Å². The zero-order valence-electron chi connectivity index (χ0n) is 11.4. The number of anilines is 1. The normalized spacial score (nSPS) is 10.2. The molecule has 0 aliphatic rings. The molecule has 0 bridgehead atoms. The minimum absolute atomic E-state index is 0.0589. The predicted molar refractivity (Wildman–Crippen MR) is 75.1 cm³/mol. The fourth-order valence-corrected chi connectivity index (χ4v) is 1.76. The molecule has 0 aromatic carbocycles. The largest absolute Gasteiger partial charge is 0.375 e. The smallest absolute Gasteiger partial charge is 0.239 e. The third-order valence-electron chi connectivity index (χ3n) is 2.82. The first-order valence-electron chi connectivity index (χ1n) is 6.57. The van der Waals surface area contributed by atoms with Crippen molar-refractivity contribution in [2.24, 2.45) is 0 Å². The van der Waals surface area contributed by atoms with Gasteiger partial charge in [-0.3, -0.25) is 9.78 Å². The summed E-state index contributed by atoms with van der Waals surface area (Å²) in [5, 5.41) is 13.7. The quantitative estimate of drug-likeness (QED) is 0.766. The summed E-state index contributed by atoms with van der Waals surface area (Å²) in [5.41, 5.74) is 0.827. The molecular weight excluding hydrogens is 256 g/mol. The Hall–Kier alpha value is -2.44. The highest BCUT2D eigenvalue weighted by atomic mass is 16.1. The van der Waals surface area contributed by atoms with Crippen molar-refractivity contribution in [1.29, 1.82) is 0 Å². The number of nitrogens with zero attached hydrogens (tertiary/aromatic N) is 4. The van der Waals surface area contributed by atoms with Gasteiger partial charge in [0, 0.05) is 31.9 Å². The molecule has 2 rings (SSSR count). The van der Waals surface area contributed by atoms with E-state index in [2.05, 4.69) is 25.8 Å². The number of rotatable bonds is 7. The van der Waals surface area contributed by atoms with Gasteiger partial charge >= 0.3 is 0 Å². The van der Waals surface area contributed by atoms with Gasteiger partial charge in [0.2, 0.25) is 5.91 Å². The van der Waals surface area contributed by atoms with Crippen LogP contribution < -0.4 is 10.6 Å². The van der Waals surface area contributed by atoms with Gasteiger partial charge < -0.3 is 15.2 Å². The number of aryl methyl sites for hydroxylation is 1. The van der Waals surface area contributed by atoms with Crippen LogP contribution in [0.5, 0.6) is 0 Å². The van der Waals surface area contributed by atoms with Crippen LogP contribution >= 0.6 is 0 Å². The molecule has 2 aromatic heterocycles. The number of pyridine rings is 1. The monoisotopic (exact) mass is 274 g/mol. The van der Waals surface area contributed by atoms with Gasteiger partial charge in [-0.05, 0) is 19.1 Å². The van der Waals surface area contributed by atoms with E-state index in [0.717, 1.165) is 18.1 Å². The minimum atomic E-state index is -0.0589. The maximum atomic E-state index is 11.7. The fourth-order valence-electron chi connectivity index (χ4n) is 1.76. The molecule has 0 spiro atoms. The molecule has 7 heteroatoms. The molecule has 2 N–H and O–H groups in total. The summed E-state index contributed by atoms with van der Waals surface area (Å²) < 4.78 is 1.96. The van der Waals surface area contributed by atoms with E-state index in [1.54, 1.807) is 18.7 Å². The van der Waals surface area contributed by atoms with Gasteiger partial charge in [0.25, 0.3) is 0 Å². The molecule has 0 fully saturated rings. The Kier molecular flexibility index (Phi) is 5.05. The van der Waals surface area contributed by atoms with E-state index < -0.39 is 0 Å². The molecule has 0 atom stereocenters. The number of aromatic nitrogens is 4. The highest BCUT2D eigenvalue weighted by molar-refractivity contribution is 5.80. The van der Waals surface area contributed by atoms with Crippen molar-refractivity contribution in [2.75, 3.05) is 18.4 Å². The van der Waals surface area contributed by atoms with Gasteiger partial charge in [-0.2, -0.15) is 0 Å². The van der Waals surface area contributed by atoms with Crippen molar-refractivity contribution in [3.63, 3.8) is 0 Å². The molecule has 1 amide bonds. The molecule has 7 nitrogen and oxygen atoms in total. The highest BCUT2D eigenvalue weighted by Gasteiger charge is 2.04. The van der Waals surface area contributed by atoms with Crippen molar-refractivity contribution in [1.82, 2.24) is 25.1 Å². The van der Waals surface area contributed by atoms with E-state index in [9.17, 15) is 4.79 Å². The standard InChI is InChI=1S/C13H18N6O/c1-2-19-10-17-18-12(19)5-7-15-13(20)9-16-11-4-3-6-14-8-11/h3-4,6,8,10,16H,2,5,7,9H2,1H3,(H,15,20). The zero-order valence-corrected chi connectivity index (χ0v) is 11.4. The third kappa shape index (κ3) is 4.04. The second kappa shape index (κ2) is 7.22. The number of amides is 1. The second-order valence-corrected chi connectivity index (χ2v) is 4.23. The zero-order chi connectivity index (χ0) is 14.2. The summed E-state index contributed by atoms with van der Waals surface area (Å²) in [6, 6.07) is 3.68. The van der Waals surface area contributed by atoms with Gasteiger partial charge in [0.05, 0.1) is 12.2 Å². The summed E-state index contributed by atoms with van der Waals surface area (Å²) in [6.07, 6.45) is 5.74. The lowest BCUT2D eigenvalue weighted by Crippen LogP contribution is -2.31. The number of hydrogen-bond donors (Lipinski definition) is 2. The van der Waals surface area contributed by atoms with Gasteiger partial charge in [-0.25, -0.2) is 0 Å². The maximum absolute atomic E-state index is 11.7. The lowest BCUT2D eigenvalue weighted by atomic mass is 10.3. The Morgan fingerprint density at radius 2 is 2.35 bits per heavy atom. The lowest BCUT2D eigenvalue weighted by Gasteiger charge is -2.07. The van der Waals surface area contributed by atoms with Crippen LogP contribution in [0, 0.1) is 0 Å². The molecule has 20 heavy (non-hydrogen) atoms. The van der Waals surface area contributed by atoms with E-state index in [1.807, 2.05) is 23.6 Å². The summed E-state index contributed by atoms with van der Waals surface area (Å²) in [4.78, 5) is 15.6. The average molecular weight is 274 g/mol. The summed E-state index contributed by atoms with van der Waals surface area (Å²) in [7, 11) is 0. The Labute approximate surface area is 117 Å². The lowest BCUT2D eigenvalue weighted by molar-refractivity contribution is -0.119. The molecule has 0 aliphatic carbocycles. The number of hydrogen-bond acceptors (Lipinski definition) is 5. The maximum Gasteiger partial charge on any atom is 0.239 e. The first-order chi connectivity index (χ1) is 9.79. The van der Waals surface area contributed by atoms with Crippen molar-refractivity contribution >= 4 is 11.6 Å². The SMILES string of the molecule is CCn1cnnc1CCNC(=O)CNc1cccnc1. The summed E-state index contributed by atoms with van der Waals surface area (Å²) >= 11 is 0. The minimum Gasteiger partial charge on any atom is -0.375 e. The van der Waals surface area contributed by atoms with Crippen molar-refractivity contribution in [3.8, 4) is 0 Å². The first kappa shape index (κ1) is 14.0. The fraction of sp³-hybridized carbons (Fsp3) is 0.385. The third-order valence-corrected chi connectivity index (χ3v) is 2.82. The van der Waals surface area contributed by atoms with Crippen LogP contribution in [-0.4, -0.2) is 38.7 Å². The van der Waals surface area contributed by atoms with Gasteiger partial charge in [-0.15, -0.1) is 10.2 Å². The van der Waals surface area contributed by atoms with Gasteiger partial charge in [-0.1, -0.05) is 0 Å². The molecule has 2 aromatic rings. The summed E-state index contributed by atoms with van der Waals surface area (Å²) in [5.74, 6) is 0.824. The molecular formula is C13H18N6O. The van der Waals surface area contributed by atoms with Crippen molar-refractivity contribution in [2.45, 2.75) is 19.9 Å². The van der Waals surface area contributed by atoms with Crippen LogP contribution in [0.3, 0.4) is 0 Å². The van der Waals surface area contributed by atoms with Crippen molar-refractivity contribution in [3.05, 3.63) is 36.7 Å². The average Bonchev–Trinajstić information content (AvgIpc) is 2.94. The van der Waals surface area contributed by atoms with Gasteiger partial charge in [0.15, 0.2) is 0 Å². The number of carbonyl (C=O) groups is 1. The van der Waals surface area contributed by atoms with Crippen LogP contribution in [0.25, 0.3) is 0 Å². The molecule has 0 saturated carbocycles. The van der Waals surface area contributed by atoms with Crippen LogP contribution in [0.15, 0.2) is 30.9 Å². The molecule has 0 aliphatic heterocycles. The Bertz CT molecular complexity index is 539. The van der Waals surface area contributed by atoms with Crippen LogP contribution in [0.4, 0.5) is 5.69 Å². The van der Waals surface area contributed by atoms with E-state index in [4.69, 9.17) is 0 Å². The predicted octanol–water partition coefficient (Wildman–Crippen LogP) is 0.464. The Morgan fingerprint density at radius 3 is 3.10 bits per heavy atom. The summed E-state index contributed by atoms with van der Waals surface area (Å²) in [6.45, 7) is 3.64. The van der Waals surface area contributed by atoms with Crippen LogP contribution in [0.1, 0.15) is 12.7 Å². The number of carbonyl (C=O) groups excluding carboxylic acids is 1. The van der Waals surface area contributed by atoms with Gasteiger partial charge in [0.1, 0.15) is 12.2 Å². The van der Waals surface area contributed by atoms with E-state index >= 15 is 0 Å². The van der Waals surface area contributed by atoms with Crippen LogP contribution in [0.2, 0.25) is 0 Å². The van der Waals surface area contributed by atoms with E-state index in [1.165, 1.54) is 0 Å². The molecule has 2 heterocycles.